The molecule has 1 aliphatic carbocycles. The summed E-state index contributed by atoms with van der Waals surface area (Å²) < 4.78 is 0. The van der Waals surface area contributed by atoms with Gasteiger partial charge in [-0.1, -0.05) is 0 Å². The van der Waals surface area contributed by atoms with Gasteiger partial charge in [0.15, 0.2) is 6.19 Å². The molecule has 0 spiro atoms. The number of nitrogens with zero attached hydrogens (tertiary/aromatic N) is 1. The summed E-state index contributed by atoms with van der Waals surface area (Å²) in [6.07, 6.45) is 4.37. The Bertz CT molecular complexity index is 181. The maximum Gasteiger partial charge on any atom is 0.222 e. The quantitative estimate of drug-likeness (QED) is 0.332. The first-order chi connectivity index (χ1) is 5.33. The van der Waals surface area contributed by atoms with Crippen LogP contribution >= 0.6 is 0 Å². The van der Waals surface area contributed by atoms with Crippen molar-refractivity contribution < 1.29 is 4.79 Å². The molecule has 0 aromatic carbocycles. The first kappa shape index (κ1) is 7.86. The van der Waals surface area contributed by atoms with Crippen molar-refractivity contribution in [3.8, 4) is 6.19 Å². The van der Waals surface area contributed by atoms with E-state index in [-0.39, 0.29) is 5.91 Å². The number of rotatable bonds is 4. The average molecular weight is 153 g/mol. The third-order valence-corrected chi connectivity index (χ3v) is 1.50. The molecule has 0 heterocycles. The molecule has 0 unspecified atom stereocenters. The fourth-order valence-corrected chi connectivity index (χ4v) is 0.759. The predicted molar refractivity (Wildman–Crippen MR) is 39.4 cm³/mol. The Morgan fingerprint density at radius 3 is 2.91 bits per heavy atom. The zero-order valence-corrected chi connectivity index (χ0v) is 6.26. The fourth-order valence-electron chi connectivity index (χ4n) is 0.759. The molecular formula is C7H11N3O. The van der Waals surface area contributed by atoms with E-state index >= 15 is 0 Å². The Hall–Kier alpha value is -1.24. The molecular weight excluding hydrogens is 142 g/mol. The Morgan fingerprint density at radius 1 is 1.64 bits per heavy atom. The van der Waals surface area contributed by atoms with E-state index in [4.69, 9.17) is 5.26 Å². The SMILES string of the molecule is N#CNCCC(=O)NC1CC1. The van der Waals surface area contributed by atoms with Gasteiger partial charge in [-0.25, -0.2) is 0 Å². The second kappa shape index (κ2) is 3.81. The third kappa shape index (κ3) is 3.46. The molecule has 2 N–H and O–H groups in total. The molecule has 0 aliphatic heterocycles. The summed E-state index contributed by atoms with van der Waals surface area (Å²) in [4.78, 5) is 10.9. The van der Waals surface area contributed by atoms with Crippen molar-refractivity contribution in [1.29, 1.82) is 5.26 Å². The molecule has 1 fully saturated rings. The van der Waals surface area contributed by atoms with Gasteiger partial charge in [-0.05, 0) is 12.8 Å². The molecule has 1 saturated carbocycles. The lowest BCUT2D eigenvalue weighted by molar-refractivity contribution is -0.121. The Labute approximate surface area is 65.6 Å². The standard InChI is InChI=1S/C7H11N3O/c8-5-9-4-3-7(11)10-6-1-2-6/h6,9H,1-4H2,(H,10,11). The molecule has 4 heteroatoms. The fraction of sp³-hybridized carbons (Fsp3) is 0.714. The lowest BCUT2D eigenvalue weighted by Gasteiger charge is -2.00. The van der Waals surface area contributed by atoms with Gasteiger partial charge in [0.2, 0.25) is 5.91 Å². The molecule has 11 heavy (non-hydrogen) atoms. The van der Waals surface area contributed by atoms with E-state index in [0.29, 0.717) is 19.0 Å². The Morgan fingerprint density at radius 2 is 2.36 bits per heavy atom. The smallest absolute Gasteiger partial charge is 0.222 e. The Balaban J connectivity index is 1.97. The normalized spacial score (nSPS) is 15.2. The van der Waals surface area contributed by atoms with Gasteiger partial charge in [-0.3, -0.25) is 4.79 Å². The molecule has 0 aromatic heterocycles. The van der Waals surface area contributed by atoms with Crippen LogP contribution in [-0.4, -0.2) is 18.5 Å². The van der Waals surface area contributed by atoms with Crippen molar-refractivity contribution >= 4 is 5.91 Å². The topological polar surface area (TPSA) is 64.9 Å². The van der Waals surface area contributed by atoms with E-state index in [9.17, 15) is 4.79 Å². The highest BCUT2D eigenvalue weighted by Gasteiger charge is 2.22. The van der Waals surface area contributed by atoms with E-state index in [1.807, 2.05) is 0 Å². The van der Waals surface area contributed by atoms with Crippen LogP contribution in [0.15, 0.2) is 0 Å². The first-order valence-corrected chi connectivity index (χ1v) is 3.74. The van der Waals surface area contributed by atoms with Gasteiger partial charge in [0.25, 0.3) is 0 Å². The van der Waals surface area contributed by atoms with Crippen LogP contribution < -0.4 is 10.6 Å². The van der Waals surface area contributed by atoms with Gasteiger partial charge in [-0.2, -0.15) is 5.26 Å². The third-order valence-electron chi connectivity index (χ3n) is 1.50. The summed E-state index contributed by atoms with van der Waals surface area (Å²) in [5.74, 6) is 0.0373. The largest absolute Gasteiger partial charge is 0.353 e. The summed E-state index contributed by atoms with van der Waals surface area (Å²) in [6, 6.07) is 0.421. The van der Waals surface area contributed by atoms with Gasteiger partial charge in [0.05, 0.1) is 0 Å². The summed E-state index contributed by atoms with van der Waals surface area (Å²) in [5.41, 5.74) is 0. The van der Waals surface area contributed by atoms with Crippen LogP contribution in [0, 0.1) is 11.5 Å². The number of carbonyl (C=O) groups excluding carboxylic acids is 1. The highest BCUT2D eigenvalue weighted by molar-refractivity contribution is 5.76. The lowest BCUT2D eigenvalue weighted by Crippen LogP contribution is -2.27. The molecule has 0 aromatic rings. The molecule has 4 nitrogen and oxygen atoms in total. The van der Waals surface area contributed by atoms with Crippen molar-refractivity contribution in [2.75, 3.05) is 6.54 Å². The minimum atomic E-state index is 0.0373. The summed E-state index contributed by atoms with van der Waals surface area (Å²) >= 11 is 0. The van der Waals surface area contributed by atoms with Crippen LogP contribution in [0.1, 0.15) is 19.3 Å². The lowest BCUT2D eigenvalue weighted by atomic mass is 10.4. The molecule has 0 radical (unpaired) electrons. The number of nitrogens with one attached hydrogen (secondary N) is 2. The number of amides is 1. The van der Waals surface area contributed by atoms with Crippen LogP contribution in [0.5, 0.6) is 0 Å². The molecule has 1 rings (SSSR count). The molecule has 1 amide bonds. The zero-order chi connectivity index (χ0) is 8.10. The highest BCUT2D eigenvalue weighted by atomic mass is 16.1. The van der Waals surface area contributed by atoms with Crippen molar-refractivity contribution in [2.45, 2.75) is 25.3 Å². The molecule has 0 bridgehead atoms. The zero-order valence-electron chi connectivity index (χ0n) is 6.26. The van der Waals surface area contributed by atoms with E-state index in [1.165, 1.54) is 0 Å². The second-order valence-electron chi connectivity index (χ2n) is 2.63. The Kier molecular flexibility index (Phi) is 2.73. The van der Waals surface area contributed by atoms with E-state index < -0.39 is 0 Å². The van der Waals surface area contributed by atoms with Crippen LogP contribution in [0.4, 0.5) is 0 Å². The van der Waals surface area contributed by atoms with Gasteiger partial charge in [-0.15, -0.1) is 0 Å². The molecule has 1 aliphatic rings. The van der Waals surface area contributed by atoms with Gasteiger partial charge in [0, 0.05) is 19.0 Å². The van der Waals surface area contributed by atoms with Gasteiger partial charge in [0.1, 0.15) is 0 Å². The number of hydrogen-bond acceptors (Lipinski definition) is 3. The van der Waals surface area contributed by atoms with Crippen LogP contribution in [0.3, 0.4) is 0 Å². The van der Waals surface area contributed by atoms with Gasteiger partial charge < -0.3 is 10.6 Å². The summed E-state index contributed by atoms with van der Waals surface area (Å²) in [6.45, 7) is 0.440. The first-order valence-electron chi connectivity index (χ1n) is 3.74. The van der Waals surface area contributed by atoms with Crippen molar-refractivity contribution in [3.63, 3.8) is 0 Å². The van der Waals surface area contributed by atoms with Gasteiger partial charge >= 0.3 is 0 Å². The second-order valence-corrected chi connectivity index (χ2v) is 2.63. The minimum Gasteiger partial charge on any atom is -0.353 e. The van der Waals surface area contributed by atoms with Crippen LogP contribution in [-0.2, 0) is 4.79 Å². The van der Waals surface area contributed by atoms with Crippen molar-refractivity contribution in [3.05, 3.63) is 0 Å². The van der Waals surface area contributed by atoms with E-state index in [1.54, 1.807) is 6.19 Å². The maximum atomic E-state index is 10.9. The van der Waals surface area contributed by atoms with E-state index in [2.05, 4.69) is 10.6 Å². The van der Waals surface area contributed by atoms with Crippen LogP contribution in [0.2, 0.25) is 0 Å². The maximum absolute atomic E-state index is 10.9. The highest BCUT2D eigenvalue weighted by Crippen LogP contribution is 2.18. The average Bonchev–Trinajstić information content (AvgIpc) is 2.72. The monoisotopic (exact) mass is 153 g/mol. The number of hydrogen-bond donors (Lipinski definition) is 2. The molecule has 60 valence electrons. The van der Waals surface area contributed by atoms with Crippen molar-refractivity contribution in [1.82, 2.24) is 10.6 Å². The molecule has 0 saturated heterocycles. The van der Waals surface area contributed by atoms with Crippen molar-refractivity contribution in [2.24, 2.45) is 0 Å². The number of nitriles is 1. The summed E-state index contributed by atoms with van der Waals surface area (Å²) in [5, 5.41) is 13.3. The number of carbonyl (C=O) groups is 1. The predicted octanol–water partition coefficient (Wildman–Crippen LogP) is -0.274. The van der Waals surface area contributed by atoms with E-state index in [0.717, 1.165) is 12.8 Å². The summed E-state index contributed by atoms with van der Waals surface area (Å²) in [7, 11) is 0. The van der Waals surface area contributed by atoms with Crippen LogP contribution in [0.25, 0.3) is 0 Å². The minimum absolute atomic E-state index is 0.0373. The molecule has 0 atom stereocenters.